The van der Waals surface area contributed by atoms with E-state index in [9.17, 15) is 4.39 Å². The average molecular weight is 279 g/mol. The van der Waals surface area contributed by atoms with E-state index in [0.29, 0.717) is 31.0 Å². The molecule has 0 unspecified atom stereocenters. The third kappa shape index (κ3) is 2.29. The van der Waals surface area contributed by atoms with Gasteiger partial charge in [-0.3, -0.25) is 0 Å². The van der Waals surface area contributed by atoms with Gasteiger partial charge in [0.25, 0.3) is 0 Å². The normalized spacial score (nSPS) is 24.6. The highest BCUT2D eigenvalue weighted by molar-refractivity contribution is 5.57. The SMILES string of the molecule is CCOCc1cc2c(nc1CF)N1[C@@H](CNC[C@H]1C)C2. The van der Waals surface area contributed by atoms with Gasteiger partial charge in [0.05, 0.1) is 12.3 Å². The highest BCUT2D eigenvalue weighted by atomic mass is 19.1. The summed E-state index contributed by atoms with van der Waals surface area (Å²) >= 11 is 0. The summed E-state index contributed by atoms with van der Waals surface area (Å²) in [6.07, 6.45) is 0.991. The molecule has 1 N–H and O–H groups in total. The van der Waals surface area contributed by atoms with Crippen molar-refractivity contribution in [3.05, 3.63) is 22.9 Å². The van der Waals surface area contributed by atoms with Crippen LogP contribution < -0.4 is 10.2 Å². The molecule has 20 heavy (non-hydrogen) atoms. The molecule has 0 aliphatic carbocycles. The number of fused-ring (bicyclic) bond motifs is 3. The second kappa shape index (κ2) is 5.66. The number of halogens is 1. The van der Waals surface area contributed by atoms with Crippen LogP contribution in [0.1, 0.15) is 30.7 Å². The Bertz CT molecular complexity index is 494. The van der Waals surface area contributed by atoms with Crippen LogP contribution >= 0.6 is 0 Å². The summed E-state index contributed by atoms with van der Waals surface area (Å²) in [6, 6.07) is 2.96. The molecule has 1 fully saturated rings. The minimum Gasteiger partial charge on any atom is -0.377 e. The molecule has 0 radical (unpaired) electrons. The molecule has 0 amide bonds. The number of hydrogen-bond donors (Lipinski definition) is 1. The summed E-state index contributed by atoms with van der Waals surface area (Å²) in [5.74, 6) is 0.983. The smallest absolute Gasteiger partial charge is 0.132 e. The monoisotopic (exact) mass is 279 g/mol. The summed E-state index contributed by atoms with van der Waals surface area (Å²) in [6.45, 7) is 6.65. The Kier molecular flexibility index (Phi) is 3.89. The highest BCUT2D eigenvalue weighted by Crippen LogP contribution is 2.35. The number of piperazine rings is 1. The van der Waals surface area contributed by atoms with Crippen LogP contribution in [0.2, 0.25) is 0 Å². The zero-order valence-corrected chi connectivity index (χ0v) is 12.2. The third-order valence-electron chi connectivity index (χ3n) is 4.22. The van der Waals surface area contributed by atoms with E-state index in [0.717, 1.165) is 30.9 Å². The van der Waals surface area contributed by atoms with Crippen LogP contribution in [-0.2, 0) is 24.4 Å². The van der Waals surface area contributed by atoms with Gasteiger partial charge in [0.1, 0.15) is 12.5 Å². The summed E-state index contributed by atoms with van der Waals surface area (Å²) in [5.41, 5.74) is 2.66. The van der Waals surface area contributed by atoms with Crippen molar-refractivity contribution in [2.24, 2.45) is 0 Å². The molecule has 1 saturated heterocycles. The molecule has 4 nitrogen and oxygen atoms in total. The number of anilines is 1. The Balaban J connectivity index is 1.94. The molecule has 110 valence electrons. The molecule has 0 saturated carbocycles. The Hall–Kier alpha value is -1.20. The molecule has 0 bridgehead atoms. The molecule has 0 spiro atoms. The van der Waals surface area contributed by atoms with E-state index < -0.39 is 6.67 Å². The summed E-state index contributed by atoms with van der Waals surface area (Å²) in [4.78, 5) is 6.96. The maximum atomic E-state index is 13.3. The number of hydrogen-bond acceptors (Lipinski definition) is 4. The number of pyridine rings is 1. The van der Waals surface area contributed by atoms with E-state index in [4.69, 9.17) is 4.74 Å². The van der Waals surface area contributed by atoms with Crippen molar-refractivity contribution in [3.8, 4) is 0 Å². The standard InChI is InChI=1S/C15H22FN3O/c1-3-20-9-12-4-11-5-13-8-17-7-10(2)19(13)15(11)18-14(12)6-16/h4,10,13,17H,3,5-9H2,1-2H3/t10-,13-/m1/s1. The lowest BCUT2D eigenvalue weighted by Crippen LogP contribution is -2.55. The van der Waals surface area contributed by atoms with Crippen molar-refractivity contribution in [3.63, 3.8) is 0 Å². The van der Waals surface area contributed by atoms with Gasteiger partial charge in [-0.25, -0.2) is 9.37 Å². The number of ether oxygens (including phenoxy) is 1. The first kappa shape index (κ1) is 13.8. The zero-order valence-electron chi connectivity index (χ0n) is 12.2. The second-order valence-electron chi connectivity index (χ2n) is 5.62. The fourth-order valence-corrected chi connectivity index (χ4v) is 3.28. The summed E-state index contributed by atoms with van der Waals surface area (Å²) < 4.78 is 18.7. The van der Waals surface area contributed by atoms with Gasteiger partial charge in [0, 0.05) is 37.3 Å². The van der Waals surface area contributed by atoms with Crippen LogP contribution in [0.3, 0.4) is 0 Å². The van der Waals surface area contributed by atoms with Crippen molar-refractivity contribution in [2.75, 3.05) is 24.6 Å². The molecular formula is C15H22FN3O. The molecule has 2 aliphatic heterocycles. The summed E-state index contributed by atoms with van der Waals surface area (Å²) in [7, 11) is 0. The maximum Gasteiger partial charge on any atom is 0.132 e. The molecule has 0 aromatic carbocycles. The third-order valence-corrected chi connectivity index (χ3v) is 4.22. The number of aromatic nitrogens is 1. The lowest BCUT2D eigenvalue weighted by molar-refractivity contribution is 0.132. The van der Waals surface area contributed by atoms with Crippen molar-refractivity contribution < 1.29 is 9.13 Å². The fourth-order valence-electron chi connectivity index (χ4n) is 3.28. The quantitative estimate of drug-likeness (QED) is 0.912. The van der Waals surface area contributed by atoms with Gasteiger partial charge < -0.3 is 15.0 Å². The van der Waals surface area contributed by atoms with Gasteiger partial charge in [-0.15, -0.1) is 0 Å². The first-order valence-electron chi connectivity index (χ1n) is 7.39. The van der Waals surface area contributed by atoms with Gasteiger partial charge >= 0.3 is 0 Å². The highest BCUT2D eigenvalue weighted by Gasteiger charge is 2.36. The average Bonchev–Trinajstić information content (AvgIpc) is 2.82. The molecule has 5 heteroatoms. The van der Waals surface area contributed by atoms with Crippen LogP contribution in [0.15, 0.2) is 6.07 Å². The Morgan fingerprint density at radius 3 is 3.10 bits per heavy atom. The molecule has 1 aromatic rings. The van der Waals surface area contributed by atoms with Crippen molar-refractivity contribution >= 4 is 5.82 Å². The minimum absolute atomic E-state index is 0.410. The second-order valence-corrected chi connectivity index (χ2v) is 5.62. The van der Waals surface area contributed by atoms with Crippen LogP contribution in [0.5, 0.6) is 0 Å². The van der Waals surface area contributed by atoms with E-state index in [1.807, 2.05) is 6.92 Å². The van der Waals surface area contributed by atoms with E-state index in [1.165, 1.54) is 5.56 Å². The van der Waals surface area contributed by atoms with Gasteiger partial charge in [-0.1, -0.05) is 0 Å². The van der Waals surface area contributed by atoms with Crippen LogP contribution in [0.25, 0.3) is 0 Å². The number of nitrogens with one attached hydrogen (secondary N) is 1. The Morgan fingerprint density at radius 2 is 2.35 bits per heavy atom. The lowest BCUT2D eigenvalue weighted by atomic mass is 10.1. The van der Waals surface area contributed by atoms with Crippen LogP contribution in [0, 0.1) is 0 Å². The van der Waals surface area contributed by atoms with Crippen molar-refractivity contribution in [1.29, 1.82) is 0 Å². The van der Waals surface area contributed by atoms with E-state index in [2.05, 4.69) is 28.2 Å². The van der Waals surface area contributed by atoms with E-state index in [-0.39, 0.29) is 0 Å². The summed E-state index contributed by atoms with van der Waals surface area (Å²) in [5, 5.41) is 3.45. The Morgan fingerprint density at radius 1 is 1.50 bits per heavy atom. The predicted molar refractivity (Wildman–Crippen MR) is 76.7 cm³/mol. The van der Waals surface area contributed by atoms with Gasteiger partial charge in [-0.05, 0) is 31.9 Å². The van der Waals surface area contributed by atoms with E-state index in [1.54, 1.807) is 0 Å². The predicted octanol–water partition coefficient (Wildman–Crippen LogP) is 1.81. The van der Waals surface area contributed by atoms with Gasteiger partial charge in [-0.2, -0.15) is 0 Å². The lowest BCUT2D eigenvalue weighted by Gasteiger charge is -2.37. The molecule has 1 aromatic heterocycles. The zero-order chi connectivity index (χ0) is 14.1. The van der Waals surface area contributed by atoms with Crippen molar-refractivity contribution in [2.45, 2.75) is 45.6 Å². The largest absolute Gasteiger partial charge is 0.377 e. The van der Waals surface area contributed by atoms with Gasteiger partial charge in [0.15, 0.2) is 0 Å². The number of rotatable bonds is 4. The number of alkyl halides is 1. The first-order valence-corrected chi connectivity index (χ1v) is 7.39. The van der Waals surface area contributed by atoms with Crippen LogP contribution in [-0.4, -0.2) is 36.8 Å². The maximum absolute atomic E-state index is 13.3. The number of nitrogens with zero attached hydrogens (tertiary/aromatic N) is 2. The fraction of sp³-hybridized carbons (Fsp3) is 0.667. The Labute approximate surface area is 119 Å². The van der Waals surface area contributed by atoms with Crippen LogP contribution in [0.4, 0.5) is 10.2 Å². The van der Waals surface area contributed by atoms with E-state index >= 15 is 0 Å². The molecule has 2 atom stereocenters. The van der Waals surface area contributed by atoms with Gasteiger partial charge in [0.2, 0.25) is 0 Å². The molecule has 3 heterocycles. The van der Waals surface area contributed by atoms with Crippen molar-refractivity contribution in [1.82, 2.24) is 10.3 Å². The molecule has 3 rings (SSSR count). The first-order chi connectivity index (χ1) is 9.74. The topological polar surface area (TPSA) is 37.4 Å². The minimum atomic E-state index is -0.527. The molecule has 2 aliphatic rings. The molecular weight excluding hydrogens is 257 g/mol.